The number of hydrogen-bond donors (Lipinski definition) is 5. The average Bonchev–Trinajstić information content (AvgIpc) is 3.54. The van der Waals surface area contributed by atoms with Crippen LogP contribution in [0.15, 0.2) is 24.3 Å². The maximum Gasteiger partial charge on any atom is 0.405 e. The van der Waals surface area contributed by atoms with Gasteiger partial charge in [0.05, 0.1) is 12.2 Å². The summed E-state index contributed by atoms with van der Waals surface area (Å²) in [6, 6.07) is 2.92. The molecule has 1 aromatic rings. The summed E-state index contributed by atoms with van der Waals surface area (Å²) in [6.45, 7) is 2.81. The maximum atomic E-state index is 14.1. The van der Waals surface area contributed by atoms with Gasteiger partial charge in [0.25, 0.3) is 5.91 Å². The van der Waals surface area contributed by atoms with Gasteiger partial charge in [0.2, 0.25) is 23.8 Å². The molecule has 0 bridgehead atoms. The Bertz CT molecular complexity index is 1130. The number of likely N-dealkylation sites (tertiary alicyclic amines) is 2. The molecule has 220 valence electrons. The minimum atomic E-state index is -1.63. The number of halogens is 1. The van der Waals surface area contributed by atoms with Crippen molar-refractivity contribution < 1.29 is 43.3 Å². The lowest BCUT2D eigenvalue weighted by Gasteiger charge is -2.41. The van der Waals surface area contributed by atoms with E-state index in [0.29, 0.717) is 18.4 Å². The van der Waals surface area contributed by atoms with Crippen molar-refractivity contribution >= 4 is 29.7 Å². The number of nitrogens with zero attached hydrogens (tertiary/aromatic N) is 2. The first-order valence-corrected chi connectivity index (χ1v) is 13.1. The number of rotatable bonds is 10. The second kappa shape index (κ2) is 12.6. The van der Waals surface area contributed by atoms with Crippen LogP contribution in [0.2, 0.25) is 0 Å². The second-order valence-electron chi connectivity index (χ2n) is 10.3. The van der Waals surface area contributed by atoms with Crippen molar-refractivity contribution in [2.45, 2.75) is 81.9 Å². The molecule has 2 fully saturated rings. The lowest BCUT2D eigenvalue weighted by Crippen LogP contribution is -2.65. The maximum absolute atomic E-state index is 14.1. The van der Waals surface area contributed by atoms with E-state index >= 15 is 0 Å². The zero-order valence-electron chi connectivity index (χ0n) is 22.4. The molecule has 0 saturated carbocycles. The highest BCUT2D eigenvalue weighted by Gasteiger charge is 2.53. The highest BCUT2D eigenvalue weighted by atomic mass is 19.1. The van der Waals surface area contributed by atoms with Gasteiger partial charge in [-0.15, -0.1) is 0 Å². The van der Waals surface area contributed by atoms with E-state index in [1.54, 1.807) is 0 Å². The van der Waals surface area contributed by atoms with E-state index in [-0.39, 0.29) is 32.4 Å². The number of ether oxygens (including phenoxy) is 1. The predicted octanol–water partition coefficient (Wildman–Crippen LogP) is -1.08. The van der Waals surface area contributed by atoms with Gasteiger partial charge in [-0.1, -0.05) is 12.1 Å². The van der Waals surface area contributed by atoms with Gasteiger partial charge in [-0.3, -0.25) is 19.2 Å². The standard InChI is InChI=1S/C26H36FN5O8/c1-14(33)19(21(28)35)30-24(38)26(13-16-6-8-17(27)9-7-16)10-4-12-32(26)22(36)18-5-3-11-31(18)23(37)20(15(2)34)40-25(29)39/h6-9,14-15,18-20,33-34H,3-5,10-13H2,1-2H3,(H2,28,35)(H2,29,39)(H,30,38)/t14-,15-,18?,19+,20+,26+/m1/s1. The van der Waals surface area contributed by atoms with Gasteiger partial charge in [0.1, 0.15) is 23.4 Å². The Hall–Kier alpha value is -3.78. The summed E-state index contributed by atoms with van der Waals surface area (Å²) in [5.74, 6) is -3.56. The molecule has 2 heterocycles. The van der Waals surface area contributed by atoms with Crippen LogP contribution in [0.3, 0.4) is 0 Å². The van der Waals surface area contributed by atoms with Crippen LogP contribution in [-0.2, 0) is 30.3 Å². The molecule has 1 aromatic carbocycles. The van der Waals surface area contributed by atoms with E-state index in [9.17, 15) is 38.6 Å². The number of benzene rings is 1. The van der Waals surface area contributed by atoms with Crippen LogP contribution in [-0.4, -0.2) is 98.8 Å². The van der Waals surface area contributed by atoms with Crippen molar-refractivity contribution in [2.24, 2.45) is 11.5 Å². The van der Waals surface area contributed by atoms with Crippen LogP contribution in [0.25, 0.3) is 0 Å². The number of aliphatic hydroxyl groups excluding tert-OH is 2. The molecule has 6 atom stereocenters. The first-order valence-electron chi connectivity index (χ1n) is 13.1. The van der Waals surface area contributed by atoms with Crippen LogP contribution in [0.1, 0.15) is 45.1 Å². The molecule has 2 aliphatic rings. The molecule has 13 nitrogen and oxygen atoms in total. The number of hydrogen-bond acceptors (Lipinski definition) is 8. The SMILES string of the molecule is C[C@@H](O)[C@H](NC(=O)[C@@]1(Cc2ccc(F)cc2)CCCN1C(=O)C1CCCN1C(=O)[C@@H](OC(N)=O)[C@@H](C)O)C(N)=O. The first-order chi connectivity index (χ1) is 18.8. The summed E-state index contributed by atoms with van der Waals surface area (Å²) in [5.41, 5.74) is 9.42. The number of aliphatic hydroxyl groups is 2. The molecule has 2 saturated heterocycles. The number of carbonyl (C=O) groups is 5. The van der Waals surface area contributed by atoms with E-state index in [1.807, 2.05) is 0 Å². The Labute approximate surface area is 230 Å². The zero-order chi connectivity index (χ0) is 29.8. The van der Waals surface area contributed by atoms with Crippen LogP contribution >= 0.6 is 0 Å². The van der Waals surface area contributed by atoms with Gasteiger partial charge < -0.3 is 41.5 Å². The molecule has 5 amide bonds. The minimum absolute atomic E-state index is 0.0438. The third-order valence-corrected chi connectivity index (χ3v) is 7.41. The molecule has 40 heavy (non-hydrogen) atoms. The quantitative estimate of drug-likeness (QED) is 0.235. The highest BCUT2D eigenvalue weighted by Crippen LogP contribution is 2.36. The van der Waals surface area contributed by atoms with E-state index in [2.05, 4.69) is 5.32 Å². The Morgan fingerprint density at radius 2 is 1.73 bits per heavy atom. The first kappa shape index (κ1) is 30.8. The molecule has 0 radical (unpaired) electrons. The second-order valence-corrected chi connectivity index (χ2v) is 10.3. The van der Waals surface area contributed by atoms with Crippen molar-refractivity contribution in [2.75, 3.05) is 13.1 Å². The molecular formula is C26H36FN5O8. The third-order valence-electron chi connectivity index (χ3n) is 7.41. The van der Waals surface area contributed by atoms with Crippen LogP contribution in [0.4, 0.5) is 9.18 Å². The van der Waals surface area contributed by atoms with Gasteiger partial charge in [-0.25, -0.2) is 9.18 Å². The van der Waals surface area contributed by atoms with Crippen molar-refractivity contribution in [3.05, 3.63) is 35.6 Å². The van der Waals surface area contributed by atoms with Gasteiger partial charge in [-0.2, -0.15) is 0 Å². The fourth-order valence-electron chi connectivity index (χ4n) is 5.46. The van der Waals surface area contributed by atoms with Gasteiger partial charge >= 0.3 is 6.09 Å². The van der Waals surface area contributed by atoms with Crippen molar-refractivity contribution in [3.63, 3.8) is 0 Å². The normalized spacial score (nSPS) is 23.7. The fourth-order valence-corrected chi connectivity index (χ4v) is 5.46. The number of nitrogens with two attached hydrogens (primary N) is 2. The zero-order valence-corrected chi connectivity index (χ0v) is 22.4. The topological polar surface area (TPSA) is 206 Å². The van der Waals surface area contributed by atoms with Crippen LogP contribution in [0.5, 0.6) is 0 Å². The summed E-state index contributed by atoms with van der Waals surface area (Å²) in [4.78, 5) is 66.9. The monoisotopic (exact) mass is 565 g/mol. The van der Waals surface area contributed by atoms with Gasteiger partial charge in [-0.05, 0) is 57.2 Å². The van der Waals surface area contributed by atoms with E-state index in [0.717, 1.165) is 0 Å². The number of amides is 5. The number of nitrogens with one attached hydrogen (secondary N) is 1. The fraction of sp³-hybridized carbons (Fsp3) is 0.577. The highest BCUT2D eigenvalue weighted by molar-refractivity contribution is 5.98. The Kier molecular flexibility index (Phi) is 9.69. The molecule has 3 rings (SSSR count). The van der Waals surface area contributed by atoms with Gasteiger partial charge in [0.15, 0.2) is 0 Å². The Morgan fingerprint density at radius 1 is 1.07 bits per heavy atom. The molecule has 7 N–H and O–H groups in total. The molecule has 0 spiro atoms. The summed E-state index contributed by atoms with van der Waals surface area (Å²) >= 11 is 0. The lowest BCUT2D eigenvalue weighted by molar-refractivity contribution is -0.156. The largest absolute Gasteiger partial charge is 0.433 e. The van der Waals surface area contributed by atoms with Crippen molar-refractivity contribution in [3.8, 4) is 0 Å². The van der Waals surface area contributed by atoms with E-state index in [4.69, 9.17) is 16.2 Å². The Balaban J connectivity index is 1.98. The number of carbonyl (C=O) groups excluding carboxylic acids is 5. The molecular weight excluding hydrogens is 529 g/mol. The van der Waals surface area contributed by atoms with Gasteiger partial charge in [0, 0.05) is 19.5 Å². The smallest absolute Gasteiger partial charge is 0.405 e. The summed E-state index contributed by atoms with van der Waals surface area (Å²) in [7, 11) is 0. The van der Waals surface area contributed by atoms with E-state index < -0.39 is 71.5 Å². The molecule has 0 aliphatic carbocycles. The summed E-state index contributed by atoms with van der Waals surface area (Å²) in [5, 5.41) is 22.5. The molecule has 2 aliphatic heterocycles. The predicted molar refractivity (Wildman–Crippen MR) is 137 cm³/mol. The lowest BCUT2D eigenvalue weighted by atomic mass is 9.86. The summed E-state index contributed by atoms with van der Waals surface area (Å²) < 4.78 is 18.4. The molecule has 1 unspecified atom stereocenters. The van der Waals surface area contributed by atoms with Crippen molar-refractivity contribution in [1.29, 1.82) is 0 Å². The molecule has 14 heteroatoms. The Morgan fingerprint density at radius 3 is 2.27 bits per heavy atom. The van der Waals surface area contributed by atoms with E-state index in [1.165, 1.54) is 47.9 Å². The van der Waals surface area contributed by atoms with Crippen molar-refractivity contribution in [1.82, 2.24) is 15.1 Å². The average molecular weight is 566 g/mol. The van der Waals surface area contributed by atoms with Crippen LogP contribution in [0, 0.1) is 5.82 Å². The third kappa shape index (κ3) is 6.50. The summed E-state index contributed by atoms with van der Waals surface area (Å²) in [6.07, 6.45) is -4.40. The molecule has 0 aromatic heterocycles. The minimum Gasteiger partial charge on any atom is -0.433 e. The van der Waals surface area contributed by atoms with Crippen LogP contribution < -0.4 is 16.8 Å². The number of primary amides is 2.